The summed E-state index contributed by atoms with van der Waals surface area (Å²) in [5, 5.41) is 3.66. The van der Waals surface area contributed by atoms with Crippen LogP contribution in [0.5, 0.6) is 0 Å². The molecule has 0 saturated heterocycles. The molecule has 1 aliphatic rings. The number of thiophene rings is 1. The first-order valence-electron chi connectivity index (χ1n) is 11.4. The number of imidazole rings is 1. The highest BCUT2D eigenvalue weighted by Gasteiger charge is 2.20. The van der Waals surface area contributed by atoms with E-state index < -0.39 is 0 Å². The van der Waals surface area contributed by atoms with Crippen LogP contribution in [0.4, 0.5) is 5.69 Å². The third kappa shape index (κ3) is 3.77. The largest absolute Gasteiger partial charge is 0.326 e. The number of aryl methyl sites for hydroxylation is 3. The van der Waals surface area contributed by atoms with Gasteiger partial charge in [-0.3, -0.25) is 18.6 Å². The average molecular weight is 471 g/mol. The predicted molar refractivity (Wildman–Crippen MR) is 132 cm³/mol. The van der Waals surface area contributed by atoms with Crippen LogP contribution in [0.1, 0.15) is 29.7 Å². The van der Waals surface area contributed by atoms with Crippen LogP contribution >= 0.6 is 11.3 Å². The summed E-state index contributed by atoms with van der Waals surface area (Å²) in [5.41, 5.74) is 3.58. The maximum Gasteiger partial charge on any atom is 0.262 e. The van der Waals surface area contributed by atoms with Crippen molar-refractivity contribution in [3.63, 3.8) is 0 Å². The Bertz CT molecular complexity index is 1550. The predicted octanol–water partition coefficient (Wildman–Crippen LogP) is 4.08. The van der Waals surface area contributed by atoms with Crippen molar-refractivity contribution < 1.29 is 4.79 Å². The quantitative estimate of drug-likeness (QED) is 0.418. The Kier molecular flexibility index (Phi) is 5.18. The number of carbonyl (C=O) groups excluding carboxylic acids is 1. The molecule has 170 valence electrons. The minimum Gasteiger partial charge on any atom is -0.326 e. The molecule has 34 heavy (non-hydrogen) atoms. The normalized spacial score (nSPS) is 13.3. The van der Waals surface area contributed by atoms with E-state index in [0.29, 0.717) is 18.0 Å². The topological polar surface area (TPSA) is 94.2 Å². The van der Waals surface area contributed by atoms with Crippen molar-refractivity contribution in [1.82, 2.24) is 23.9 Å². The molecule has 1 aliphatic carbocycles. The number of amides is 1. The molecule has 6 rings (SSSR count). The third-order valence-corrected chi connectivity index (χ3v) is 7.42. The molecular weight excluding hydrogens is 448 g/mol. The smallest absolute Gasteiger partial charge is 0.262 e. The summed E-state index contributed by atoms with van der Waals surface area (Å²) in [6, 6.07) is 9.39. The second-order valence-electron chi connectivity index (χ2n) is 8.46. The molecule has 8 nitrogen and oxygen atoms in total. The highest BCUT2D eigenvalue weighted by molar-refractivity contribution is 7.18. The summed E-state index contributed by atoms with van der Waals surface area (Å²) >= 11 is 1.64. The number of benzene rings is 1. The summed E-state index contributed by atoms with van der Waals surface area (Å²) in [4.78, 5) is 41.0. The average Bonchev–Trinajstić information content (AvgIpc) is 3.46. The van der Waals surface area contributed by atoms with Gasteiger partial charge in [-0.15, -0.1) is 11.3 Å². The lowest BCUT2D eigenvalue weighted by molar-refractivity contribution is -0.116. The molecule has 0 atom stereocenters. The van der Waals surface area contributed by atoms with Crippen molar-refractivity contribution in [2.24, 2.45) is 0 Å². The van der Waals surface area contributed by atoms with E-state index in [1.54, 1.807) is 28.4 Å². The first-order valence-corrected chi connectivity index (χ1v) is 12.2. The summed E-state index contributed by atoms with van der Waals surface area (Å²) in [7, 11) is 0. The minimum absolute atomic E-state index is 0.0384. The second-order valence-corrected chi connectivity index (χ2v) is 9.55. The van der Waals surface area contributed by atoms with Crippen LogP contribution in [0.2, 0.25) is 0 Å². The van der Waals surface area contributed by atoms with Gasteiger partial charge in [0.25, 0.3) is 5.56 Å². The Labute approximate surface area is 198 Å². The van der Waals surface area contributed by atoms with Crippen LogP contribution in [0, 0.1) is 0 Å². The van der Waals surface area contributed by atoms with Crippen molar-refractivity contribution >= 4 is 38.9 Å². The van der Waals surface area contributed by atoms with Crippen LogP contribution in [0.3, 0.4) is 0 Å². The Balaban J connectivity index is 1.13. The van der Waals surface area contributed by atoms with Crippen molar-refractivity contribution in [1.29, 1.82) is 0 Å². The number of aromatic nitrogens is 5. The van der Waals surface area contributed by atoms with Crippen molar-refractivity contribution in [3.05, 3.63) is 76.0 Å². The van der Waals surface area contributed by atoms with E-state index >= 15 is 0 Å². The van der Waals surface area contributed by atoms with E-state index in [9.17, 15) is 9.59 Å². The Morgan fingerprint density at radius 3 is 2.82 bits per heavy atom. The second kappa shape index (κ2) is 8.49. The summed E-state index contributed by atoms with van der Waals surface area (Å²) in [6.45, 7) is 0.296. The molecule has 0 fully saturated rings. The fourth-order valence-corrected chi connectivity index (χ4v) is 5.70. The molecule has 0 radical (unpaired) electrons. The van der Waals surface area contributed by atoms with Gasteiger partial charge in [0.2, 0.25) is 11.7 Å². The SMILES string of the molecule is O=C(CCn1cnc2sc3c(c2c1=O)CCCC3)Nc1ccc(-c2cn3cccnc3n2)cc1. The first kappa shape index (κ1) is 20.7. The first-order chi connectivity index (χ1) is 16.7. The highest BCUT2D eigenvalue weighted by atomic mass is 32.1. The minimum atomic E-state index is -0.149. The van der Waals surface area contributed by atoms with Crippen molar-refractivity contribution in [3.8, 4) is 11.3 Å². The van der Waals surface area contributed by atoms with Gasteiger partial charge in [-0.2, -0.15) is 0 Å². The maximum absolute atomic E-state index is 13.1. The van der Waals surface area contributed by atoms with Crippen molar-refractivity contribution in [2.45, 2.75) is 38.6 Å². The molecule has 0 aliphatic heterocycles. The molecule has 0 saturated carbocycles. The zero-order valence-electron chi connectivity index (χ0n) is 18.4. The van der Waals surface area contributed by atoms with E-state index in [4.69, 9.17) is 0 Å². The van der Waals surface area contributed by atoms with Gasteiger partial charge < -0.3 is 5.32 Å². The van der Waals surface area contributed by atoms with Gasteiger partial charge in [0.15, 0.2) is 0 Å². The molecule has 1 aromatic carbocycles. The summed E-state index contributed by atoms with van der Waals surface area (Å²) < 4.78 is 3.43. The van der Waals surface area contributed by atoms with E-state index in [1.807, 2.05) is 47.1 Å². The lowest BCUT2D eigenvalue weighted by atomic mass is 9.97. The molecule has 4 heterocycles. The Morgan fingerprint density at radius 1 is 1.12 bits per heavy atom. The molecule has 0 spiro atoms. The number of hydrogen-bond donors (Lipinski definition) is 1. The van der Waals surface area contributed by atoms with Gasteiger partial charge in [-0.1, -0.05) is 12.1 Å². The zero-order valence-corrected chi connectivity index (χ0v) is 19.2. The molecule has 1 N–H and O–H groups in total. The molecule has 4 aromatic heterocycles. The fourth-order valence-electron chi connectivity index (χ4n) is 4.48. The highest BCUT2D eigenvalue weighted by Crippen LogP contribution is 2.33. The molecular formula is C25H22N6O2S. The van der Waals surface area contributed by atoms with Crippen LogP contribution < -0.4 is 10.9 Å². The number of nitrogens with one attached hydrogen (secondary N) is 1. The summed E-state index contributed by atoms with van der Waals surface area (Å²) in [5.74, 6) is 0.491. The lowest BCUT2D eigenvalue weighted by Crippen LogP contribution is -2.24. The van der Waals surface area contributed by atoms with Crippen molar-refractivity contribution in [2.75, 3.05) is 5.32 Å². The molecule has 1 amide bonds. The van der Waals surface area contributed by atoms with Crippen LogP contribution in [-0.4, -0.2) is 29.8 Å². The van der Waals surface area contributed by atoms with Gasteiger partial charge in [-0.25, -0.2) is 15.0 Å². The van der Waals surface area contributed by atoms with Crippen LogP contribution in [-0.2, 0) is 24.2 Å². The number of fused-ring (bicyclic) bond motifs is 4. The monoisotopic (exact) mass is 470 g/mol. The third-order valence-electron chi connectivity index (χ3n) is 6.22. The van der Waals surface area contributed by atoms with Gasteiger partial charge in [-0.05, 0) is 49.4 Å². The lowest BCUT2D eigenvalue weighted by Gasteiger charge is -2.10. The number of nitrogens with zero attached hydrogens (tertiary/aromatic N) is 5. The van der Waals surface area contributed by atoms with E-state index in [-0.39, 0.29) is 17.9 Å². The standard InChI is InChI=1S/C25H22N6O2S/c32-21(10-13-31-15-27-23-22(24(31)33)18-4-1-2-5-20(18)34-23)28-17-8-6-16(7-9-17)19-14-30-12-3-11-26-25(30)29-19/h3,6-9,11-12,14-15H,1-2,4-5,10,13H2,(H,28,32). The van der Waals surface area contributed by atoms with E-state index in [0.717, 1.165) is 40.7 Å². The molecule has 5 aromatic rings. The Morgan fingerprint density at radius 2 is 1.97 bits per heavy atom. The number of anilines is 1. The summed E-state index contributed by atoms with van der Waals surface area (Å²) in [6.07, 6.45) is 11.6. The number of carbonyl (C=O) groups is 1. The maximum atomic E-state index is 13.1. The fraction of sp³-hybridized carbons (Fsp3) is 0.240. The molecule has 0 bridgehead atoms. The van der Waals surface area contributed by atoms with Gasteiger partial charge in [0.1, 0.15) is 4.83 Å². The Hall–Kier alpha value is -3.85. The molecule has 0 unspecified atom stereocenters. The van der Waals surface area contributed by atoms with Gasteiger partial charge in [0.05, 0.1) is 17.4 Å². The zero-order chi connectivity index (χ0) is 23.1. The molecule has 9 heteroatoms. The number of hydrogen-bond acceptors (Lipinski definition) is 6. The van der Waals surface area contributed by atoms with Crippen LogP contribution in [0.15, 0.2) is 60.0 Å². The van der Waals surface area contributed by atoms with Crippen LogP contribution in [0.25, 0.3) is 27.3 Å². The van der Waals surface area contributed by atoms with E-state index in [2.05, 4.69) is 20.3 Å². The van der Waals surface area contributed by atoms with Gasteiger partial charge in [0, 0.05) is 47.7 Å². The number of rotatable bonds is 5. The van der Waals surface area contributed by atoms with Gasteiger partial charge >= 0.3 is 0 Å². The van der Waals surface area contributed by atoms with E-state index in [1.165, 1.54) is 16.9 Å².